The first-order valence-corrected chi connectivity index (χ1v) is 12.5. The van der Waals surface area contributed by atoms with Crippen molar-refractivity contribution < 1.29 is 22.8 Å². The molecule has 1 aromatic rings. The van der Waals surface area contributed by atoms with E-state index in [0.717, 1.165) is 51.4 Å². The molecule has 8 heteroatoms. The average molecular weight is 476 g/mol. The van der Waals surface area contributed by atoms with Crippen molar-refractivity contribution in [2.45, 2.75) is 45.1 Å². The molecule has 1 spiro atoms. The topological polar surface area (TPSA) is 61.4 Å². The molecule has 1 heterocycles. The zero-order valence-electron chi connectivity index (χ0n) is 19.3. The van der Waals surface area contributed by atoms with Crippen LogP contribution in [0, 0.1) is 46.5 Å². The van der Waals surface area contributed by atoms with Crippen LogP contribution in [-0.4, -0.2) is 42.9 Å². The lowest BCUT2D eigenvalue weighted by molar-refractivity contribution is -0.135. The van der Waals surface area contributed by atoms with Crippen molar-refractivity contribution in [1.82, 2.24) is 15.5 Å². The summed E-state index contributed by atoms with van der Waals surface area (Å²) in [6.45, 7) is 3.63. The molecule has 4 atom stereocenters. The second-order valence-corrected chi connectivity index (χ2v) is 10.3. The van der Waals surface area contributed by atoms with Crippen LogP contribution in [-0.2, 0) is 16.1 Å². The number of halogens is 3. The molecule has 2 bridgehead atoms. The lowest BCUT2D eigenvalue weighted by Gasteiger charge is -2.26. The molecule has 0 aromatic heterocycles. The van der Waals surface area contributed by atoms with Gasteiger partial charge in [0.15, 0.2) is 11.6 Å². The fourth-order valence-electron chi connectivity index (χ4n) is 6.54. The smallest absolute Gasteiger partial charge is 0.224 e. The molecule has 1 aliphatic heterocycles. The first-order valence-electron chi connectivity index (χ1n) is 12.5. The molecule has 3 fully saturated rings. The number of allylic oxidation sites excluding steroid dienone is 2. The van der Waals surface area contributed by atoms with E-state index >= 15 is 0 Å². The summed E-state index contributed by atoms with van der Waals surface area (Å²) in [6, 6.07) is 1.36. The van der Waals surface area contributed by atoms with E-state index in [1.165, 1.54) is 12.8 Å². The average Bonchev–Trinajstić information content (AvgIpc) is 3.17. The number of unbranched alkanes of at least 4 members (excludes halogenated alkanes) is 1. The number of hydrogen-bond donors (Lipinski definition) is 2. The van der Waals surface area contributed by atoms with Gasteiger partial charge in [0, 0.05) is 24.7 Å². The zero-order chi connectivity index (χ0) is 23.9. The van der Waals surface area contributed by atoms with Crippen molar-refractivity contribution in [3.8, 4) is 0 Å². The highest BCUT2D eigenvalue weighted by molar-refractivity contribution is 5.90. The summed E-state index contributed by atoms with van der Waals surface area (Å²) < 4.78 is 41.1. The molecule has 2 N–H and O–H groups in total. The van der Waals surface area contributed by atoms with Gasteiger partial charge in [0.25, 0.3) is 0 Å². The van der Waals surface area contributed by atoms with Crippen molar-refractivity contribution in [2.75, 3.05) is 26.2 Å². The Bertz CT molecular complexity index is 988. The quantitative estimate of drug-likeness (QED) is 0.326. The van der Waals surface area contributed by atoms with Gasteiger partial charge in [-0.05, 0) is 81.5 Å². The Balaban J connectivity index is 1.20. The van der Waals surface area contributed by atoms with E-state index in [9.17, 15) is 22.8 Å². The Kier molecular flexibility index (Phi) is 6.44. The zero-order valence-corrected chi connectivity index (χ0v) is 19.3. The summed E-state index contributed by atoms with van der Waals surface area (Å²) in [6.07, 6.45) is 10.6. The maximum atomic E-state index is 14.0. The Morgan fingerprint density at radius 1 is 0.941 bits per heavy atom. The first-order chi connectivity index (χ1) is 16.4. The van der Waals surface area contributed by atoms with Gasteiger partial charge in [0.05, 0.1) is 11.8 Å². The molecule has 1 aromatic carbocycles. The molecule has 0 radical (unpaired) electrons. The number of rotatable bonds is 9. The van der Waals surface area contributed by atoms with Crippen LogP contribution in [0.5, 0.6) is 0 Å². The van der Waals surface area contributed by atoms with Crippen molar-refractivity contribution in [3.63, 3.8) is 0 Å². The van der Waals surface area contributed by atoms with Crippen molar-refractivity contribution in [2.24, 2.45) is 29.1 Å². The maximum Gasteiger partial charge on any atom is 0.224 e. The van der Waals surface area contributed by atoms with Gasteiger partial charge >= 0.3 is 0 Å². The minimum Gasteiger partial charge on any atom is -0.356 e. The minimum atomic E-state index is -1.29. The van der Waals surface area contributed by atoms with Gasteiger partial charge < -0.3 is 15.5 Å². The molecule has 1 saturated heterocycles. The Morgan fingerprint density at radius 3 is 2.24 bits per heavy atom. The standard InChI is InChI=1S/C26H32F3N3O2/c27-17-13-16(23(29)20(28)14-17)15-31-25(34)22-19-6-5-18(26(19)7-8-26)21(22)24(33)30-9-1-2-10-32-11-3-4-12-32/h5-6,13-14,18-19,21-22H,1-4,7-12,15H2,(H,30,33)(H,31,34)/t18-,19-,21-,22-/m1/s1. The van der Waals surface area contributed by atoms with Gasteiger partial charge in [-0.3, -0.25) is 9.59 Å². The van der Waals surface area contributed by atoms with Crippen LogP contribution < -0.4 is 10.6 Å². The highest BCUT2D eigenvalue weighted by Crippen LogP contribution is 2.72. The third-order valence-corrected chi connectivity index (χ3v) is 8.37. The summed E-state index contributed by atoms with van der Waals surface area (Å²) in [7, 11) is 0. The fourth-order valence-corrected chi connectivity index (χ4v) is 6.54. The molecule has 5 rings (SSSR count). The number of amides is 2. The number of carbonyl (C=O) groups is 2. The Morgan fingerprint density at radius 2 is 1.59 bits per heavy atom. The van der Waals surface area contributed by atoms with Crippen molar-refractivity contribution >= 4 is 11.8 Å². The molecule has 184 valence electrons. The van der Waals surface area contributed by atoms with Gasteiger partial charge in [-0.1, -0.05) is 12.2 Å². The predicted octanol–water partition coefficient (Wildman–Crippen LogP) is 3.54. The first kappa shape index (κ1) is 23.4. The van der Waals surface area contributed by atoms with Crippen molar-refractivity contribution in [3.05, 3.63) is 47.3 Å². The molecule has 3 aliphatic carbocycles. The van der Waals surface area contributed by atoms with Crippen LogP contribution in [0.15, 0.2) is 24.3 Å². The van der Waals surface area contributed by atoms with Gasteiger partial charge in [-0.25, -0.2) is 13.2 Å². The summed E-state index contributed by atoms with van der Waals surface area (Å²) in [5, 5.41) is 5.70. The van der Waals surface area contributed by atoms with Crippen LogP contribution in [0.2, 0.25) is 0 Å². The number of hydrogen-bond acceptors (Lipinski definition) is 3. The summed E-state index contributed by atoms with van der Waals surface area (Å²) in [5.41, 5.74) is -0.264. The second-order valence-electron chi connectivity index (χ2n) is 10.3. The minimum absolute atomic E-state index is 0.0179. The van der Waals surface area contributed by atoms with E-state index in [1.54, 1.807) is 0 Å². The Hall–Kier alpha value is -2.35. The summed E-state index contributed by atoms with van der Waals surface area (Å²) >= 11 is 0. The molecule has 34 heavy (non-hydrogen) atoms. The van der Waals surface area contributed by atoms with Gasteiger partial charge in [0.1, 0.15) is 5.82 Å². The van der Waals surface area contributed by atoms with E-state index in [4.69, 9.17) is 0 Å². The largest absolute Gasteiger partial charge is 0.356 e. The van der Waals surface area contributed by atoms with E-state index in [1.807, 2.05) is 6.08 Å². The third kappa shape index (κ3) is 4.25. The van der Waals surface area contributed by atoms with Crippen LogP contribution in [0.25, 0.3) is 0 Å². The van der Waals surface area contributed by atoms with Gasteiger partial charge in [0.2, 0.25) is 11.8 Å². The number of benzene rings is 1. The summed E-state index contributed by atoms with van der Waals surface area (Å²) in [5.74, 6) is -4.84. The molecular formula is C26H32F3N3O2. The van der Waals surface area contributed by atoms with E-state index in [2.05, 4.69) is 21.6 Å². The molecule has 2 amide bonds. The maximum absolute atomic E-state index is 14.0. The lowest BCUT2D eigenvalue weighted by Crippen LogP contribution is -2.44. The number of carbonyl (C=O) groups excluding carboxylic acids is 2. The van der Waals surface area contributed by atoms with Crippen LogP contribution in [0.4, 0.5) is 13.2 Å². The van der Waals surface area contributed by atoms with E-state index < -0.39 is 29.3 Å². The lowest BCUT2D eigenvalue weighted by atomic mass is 9.81. The van der Waals surface area contributed by atoms with Crippen LogP contribution in [0.3, 0.4) is 0 Å². The molecule has 0 unspecified atom stereocenters. The second kappa shape index (κ2) is 9.36. The Labute approximate surface area is 198 Å². The molecule has 4 aliphatic rings. The SMILES string of the molecule is O=C(NCCCCN1CCCC1)[C@H]1[C@H](C(=O)NCc2cc(F)cc(F)c2F)[C@H]2C=C[C@H]1C21CC1. The van der Waals surface area contributed by atoms with Crippen molar-refractivity contribution in [1.29, 1.82) is 0 Å². The van der Waals surface area contributed by atoms with Crippen LogP contribution in [0.1, 0.15) is 44.1 Å². The summed E-state index contributed by atoms with van der Waals surface area (Å²) in [4.78, 5) is 28.9. The highest BCUT2D eigenvalue weighted by atomic mass is 19.2. The predicted molar refractivity (Wildman–Crippen MR) is 121 cm³/mol. The number of nitrogens with zero attached hydrogens (tertiary/aromatic N) is 1. The molecule has 2 saturated carbocycles. The fraction of sp³-hybridized carbons (Fsp3) is 0.615. The number of likely N-dealkylation sites (tertiary alicyclic amines) is 1. The highest BCUT2D eigenvalue weighted by Gasteiger charge is 2.69. The number of nitrogens with one attached hydrogen (secondary N) is 2. The van der Waals surface area contributed by atoms with E-state index in [0.29, 0.717) is 12.6 Å². The monoisotopic (exact) mass is 475 g/mol. The molecular weight excluding hydrogens is 443 g/mol. The van der Waals surface area contributed by atoms with Crippen LogP contribution >= 0.6 is 0 Å². The van der Waals surface area contributed by atoms with E-state index in [-0.39, 0.29) is 41.2 Å². The van der Waals surface area contributed by atoms with Gasteiger partial charge in [-0.2, -0.15) is 0 Å². The normalized spacial score (nSPS) is 28.6. The molecule has 5 nitrogen and oxygen atoms in total. The van der Waals surface area contributed by atoms with Gasteiger partial charge in [-0.15, -0.1) is 0 Å². The third-order valence-electron chi connectivity index (χ3n) is 8.37.